The van der Waals surface area contributed by atoms with Crippen molar-refractivity contribution in [3.8, 4) is 0 Å². The molecule has 6 heteroatoms. The first kappa shape index (κ1) is 20.1. The SMILES string of the molecule is CCc1ccc(CCCCC(CO)CCC2C=CC(N)=NC2=O)c(N)n1. The molecule has 1 aromatic rings. The van der Waals surface area contributed by atoms with Crippen molar-refractivity contribution >= 4 is 17.6 Å². The third-order valence-corrected chi connectivity index (χ3v) is 4.94. The summed E-state index contributed by atoms with van der Waals surface area (Å²) in [6.45, 7) is 2.21. The van der Waals surface area contributed by atoms with Gasteiger partial charge in [0.1, 0.15) is 11.7 Å². The molecule has 2 atom stereocenters. The number of dihydropyridines is 1. The highest BCUT2D eigenvalue weighted by Gasteiger charge is 2.20. The molecule has 0 saturated carbocycles. The number of nitrogens with two attached hydrogens (primary N) is 2. The predicted molar refractivity (Wildman–Crippen MR) is 105 cm³/mol. The molecule has 0 aromatic carbocycles. The molecule has 2 rings (SSSR count). The number of aliphatic imine (C=N–C) groups is 1. The number of hydrogen-bond donors (Lipinski definition) is 3. The van der Waals surface area contributed by atoms with Crippen molar-refractivity contribution in [3.05, 3.63) is 35.5 Å². The van der Waals surface area contributed by atoms with E-state index in [1.54, 1.807) is 6.08 Å². The van der Waals surface area contributed by atoms with E-state index in [-0.39, 0.29) is 30.2 Å². The van der Waals surface area contributed by atoms with Gasteiger partial charge in [-0.3, -0.25) is 4.79 Å². The van der Waals surface area contributed by atoms with Gasteiger partial charge in [-0.2, -0.15) is 4.99 Å². The number of aromatic nitrogens is 1. The zero-order valence-electron chi connectivity index (χ0n) is 15.5. The number of nitrogen functional groups attached to an aromatic ring is 1. The van der Waals surface area contributed by atoms with E-state index in [9.17, 15) is 9.90 Å². The molecule has 0 radical (unpaired) electrons. The van der Waals surface area contributed by atoms with Crippen LogP contribution in [0.1, 0.15) is 50.3 Å². The maximum Gasteiger partial charge on any atom is 0.254 e. The van der Waals surface area contributed by atoms with Crippen LogP contribution in [-0.2, 0) is 17.6 Å². The molecule has 0 spiro atoms. The molecule has 0 bridgehead atoms. The van der Waals surface area contributed by atoms with Gasteiger partial charge in [-0.25, -0.2) is 4.98 Å². The number of aliphatic hydroxyl groups excluding tert-OH is 1. The molecule has 0 fully saturated rings. The Hall–Kier alpha value is -2.21. The predicted octanol–water partition coefficient (Wildman–Crippen LogP) is 2.40. The van der Waals surface area contributed by atoms with Crippen LogP contribution < -0.4 is 11.5 Å². The smallest absolute Gasteiger partial charge is 0.254 e. The van der Waals surface area contributed by atoms with Gasteiger partial charge in [0.25, 0.3) is 5.91 Å². The van der Waals surface area contributed by atoms with Crippen LogP contribution in [-0.4, -0.2) is 28.4 Å². The van der Waals surface area contributed by atoms with Crippen LogP contribution in [0.4, 0.5) is 5.82 Å². The van der Waals surface area contributed by atoms with Crippen LogP contribution >= 0.6 is 0 Å². The van der Waals surface area contributed by atoms with Crippen molar-refractivity contribution in [3.63, 3.8) is 0 Å². The molecule has 2 heterocycles. The molecule has 1 aliphatic heterocycles. The monoisotopic (exact) mass is 358 g/mol. The van der Waals surface area contributed by atoms with Crippen molar-refractivity contribution in [2.45, 2.75) is 51.9 Å². The Morgan fingerprint density at radius 2 is 2.04 bits per heavy atom. The molecule has 6 nitrogen and oxygen atoms in total. The maximum atomic E-state index is 11.8. The lowest BCUT2D eigenvalue weighted by Crippen LogP contribution is -2.22. The first-order valence-electron chi connectivity index (χ1n) is 9.44. The number of amidine groups is 1. The topological polar surface area (TPSA) is 115 Å². The summed E-state index contributed by atoms with van der Waals surface area (Å²) in [5, 5.41) is 9.60. The Kier molecular flexibility index (Phi) is 7.78. The highest BCUT2D eigenvalue weighted by Crippen LogP contribution is 2.22. The van der Waals surface area contributed by atoms with Gasteiger partial charge < -0.3 is 16.6 Å². The van der Waals surface area contributed by atoms with Gasteiger partial charge in [0, 0.05) is 12.3 Å². The van der Waals surface area contributed by atoms with Crippen molar-refractivity contribution in [1.29, 1.82) is 0 Å². The minimum absolute atomic E-state index is 0.144. The summed E-state index contributed by atoms with van der Waals surface area (Å²) in [6, 6.07) is 4.10. The van der Waals surface area contributed by atoms with Gasteiger partial charge in [-0.1, -0.05) is 25.5 Å². The highest BCUT2D eigenvalue weighted by atomic mass is 16.3. The molecule has 142 valence electrons. The first-order valence-corrected chi connectivity index (χ1v) is 9.44. The molecular formula is C20H30N4O2. The van der Waals surface area contributed by atoms with Crippen LogP contribution in [0.2, 0.25) is 0 Å². The molecule has 0 saturated heterocycles. The van der Waals surface area contributed by atoms with Crippen molar-refractivity contribution in [2.24, 2.45) is 22.6 Å². The van der Waals surface area contributed by atoms with Crippen LogP contribution in [0.15, 0.2) is 29.3 Å². The van der Waals surface area contributed by atoms with Crippen molar-refractivity contribution in [1.82, 2.24) is 4.98 Å². The second-order valence-corrected chi connectivity index (χ2v) is 6.91. The van der Waals surface area contributed by atoms with Gasteiger partial charge in [0.05, 0.1) is 5.92 Å². The lowest BCUT2D eigenvalue weighted by atomic mass is 9.91. The minimum atomic E-state index is -0.209. The zero-order valence-corrected chi connectivity index (χ0v) is 15.5. The zero-order chi connectivity index (χ0) is 18.9. The summed E-state index contributed by atoms with van der Waals surface area (Å²) >= 11 is 0. The summed E-state index contributed by atoms with van der Waals surface area (Å²) in [6.07, 6.45) is 9.76. The number of hydrogen-bond acceptors (Lipinski definition) is 5. The second kappa shape index (κ2) is 10.1. The Morgan fingerprint density at radius 3 is 2.69 bits per heavy atom. The van der Waals surface area contributed by atoms with Crippen LogP contribution in [0, 0.1) is 11.8 Å². The van der Waals surface area contributed by atoms with Gasteiger partial charge in [0.2, 0.25) is 0 Å². The van der Waals surface area contributed by atoms with E-state index in [0.29, 0.717) is 12.2 Å². The summed E-state index contributed by atoms with van der Waals surface area (Å²) in [7, 11) is 0. The molecule has 0 aliphatic carbocycles. The number of rotatable bonds is 10. The number of anilines is 1. The second-order valence-electron chi connectivity index (χ2n) is 6.91. The van der Waals surface area contributed by atoms with Gasteiger partial charge >= 0.3 is 0 Å². The Morgan fingerprint density at radius 1 is 1.23 bits per heavy atom. The Labute approximate surface area is 155 Å². The molecule has 1 aromatic heterocycles. The van der Waals surface area contributed by atoms with E-state index < -0.39 is 0 Å². The maximum absolute atomic E-state index is 11.8. The third kappa shape index (κ3) is 5.95. The standard InChI is InChI=1S/C20H30N4O2/c1-2-17-11-9-15(19(22)23-17)6-4-3-5-14(13-25)7-8-16-10-12-18(21)24-20(16)26/h9-12,14,16,25H,2-8,13H2,1H3,(H2,22,23)(H2,21,24,26). The molecule has 1 amide bonds. The number of aliphatic hydroxyl groups is 1. The molecule has 5 N–H and O–H groups in total. The normalized spacial score (nSPS) is 18.0. The van der Waals surface area contributed by atoms with Crippen LogP contribution in [0.25, 0.3) is 0 Å². The fourth-order valence-electron chi connectivity index (χ4n) is 3.21. The first-order chi connectivity index (χ1) is 12.5. The van der Waals surface area contributed by atoms with Gasteiger partial charge in [-0.15, -0.1) is 0 Å². The van der Waals surface area contributed by atoms with Crippen LogP contribution in [0.3, 0.4) is 0 Å². The summed E-state index contributed by atoms with van der Waals surface area (Å²) in [5.41, 5.74) is 13.6. The van der Waals surface area contributed by atoms with E-state index >= 15 is 0 Å². The molecule has 26 heavy (non-hydrogen) atoms. The van der Waals surface area contributed by atoms with E-state index in [4.69, 9.17) is 11.5 Å². The number of carbonyl (C=O) groups is 1. The van der Waals surface area contributed by atoms with E-state index in [0.717, 1.165) is 49.8 Å². The van der Waals surface area contributed by atoms with E-state index in [1.807, 2.05) is 12.1 Å². The summed E-state index contributed by atoms with van der Waals surface area (Å²) < 4.78 is 0. The molecule has 2 unspecified atom stereocenters. The van der Waals surface area contributed by atoms with Gasteiger partial charge in [-0.05, 0) is 62.1 Å². The third-order valence-electron chi connectivity index (χ3n) is 4.94. The Balaban J connectivity index is 1.70. The van der Waals surface area contributed by atoms with E-state index in [2.05, 4.69) is 23.0 Å². The molecular weight excluding hydrogens is 328 g/mol. The highest BCUT2D eigenvalue weighted by molar-refractivity contribution is 6.03. The quantitative estimate of drug-likeness (QED) is 0.556. The number of pyridine rings is 1. The Bertz CT molecular complexity index is 670. The lowest BCUT2D eigenvalue weighted by molar-refractivity contribution is -0.120. The summed E-state index contributed by atoms with van der Waals surface area (Å²) in [5.74, 6) is 0.716. The fourth-order valence-corrected chi connectivity index (χ4v) is 3.21. The number of aryl methyl sites for hydroxylation is 2. The van der Waals surface area contributed by atoms with Crippen molar-refractivity contribution in [2.75, 3.05) is 12.3 Å². The largest absolute Gasteiger partial charge is 0.396 e. The average molecular weight is 358 g/mol. The fraction of sp³-hybridized carbons (Fsp3) is 0.550. The number of carbonyl (C=O) groups excluding carboxylic acids is 1. The molecule has 1 aliphatic rings. The van der Waals surface area contributed by atoms with Crippen molar-refractivity contribution < 1.29 is 9.90 Å². The number of amides is 1. The van der Waals surface area contributed by atoms with E-state index in [1.165, 1.54) is 0 Å². The number of unbranched alkanes of at least 4 members (excludes halogenated alkanes) is 1. The van der Waals surface area contributed by atoms with Crippen LogP contribution in [0.5, 0.6) is 0 Å². The number of nitrogens with zero attached hydrogens (tertiary/aromatic N) is 2. The average Bonchev–Trinajstić information content (AvgIpc) is 2.63. The minimum Gasteiger partial charge on any atom is -0.396 e. The summed E-state index contributed by atoms with van der Waals surface area (Å²) in [4.78, 5) is 20.0. The lowest BCUT2D eigenvalue weighted by Gasteiger charge is -2.17. The van der Waals surface area contributed by atoms with Gasteiger partial charge in [0.15, 0.2) is 0 Å².